The molecule has 0 unspecified atom stereocenters. The Bertz CT molecular complexity index is 851. The molecular weight excluding hydrogens is 343 g/mol. The number of hydrogen-bond acceptors (Lipinski definition) is 5. The Balaban J connectivity index is 1.85. The minimum Gasteiger partial charge on any atom is -0.411 e. The first-order chi connectivity index (χ1) is 12.1. The van der Waals surface area contributed by atoms with Gasteiger partial charge in [-0.15, -0.1) is 0 Å². The highest BCUT2D eigenvalue weighted by Gasteiger charge is 2.22. The zero-order chi connectivity index (χ0) is 17.8. The standard InChI is InChI=1S/C18H18ClFN4O/c1-2-21-10-12-9-14-13(5-6-22-18(14)23-12)17(24-25)8-11-3-4-16(20)15(19)7-11/h3-7,21,25H,2,8-10H2,1H3/b24-17+. The summed E-state index contributed by atoms with van der Waals surface area (Å²) in [5.74, 6) is 0.183. The first kappa shape index (κ1) is 17.5. The Kier molecular flexibility index (Phi) is 5.40. The number of fused-ring (bicyclic) bond motifs is 1. The fourth-order valence-electron chi connectivity index (χ4n) is 2.81. The molecule has 25 heavy (non-hydrogen) atoms. The van der Waals surface area contributed by atoms with Crippen molar-refractivity contribution in [2.45, 2.75) is 19.8 Å². The average Bonchev–Trinajstić information content (AvgIpc) is 3.04. The summed E-state index contributed by atoms with van der Waals surface area (Å²) < 4.78 is 13.3. The predicted octanol–water partition coefficient (Wildman–Crippen LogP) is 3.53. The Labute approximate surface area is 150 Å². The summed E-state index contributed by atoms with van der Waals surface area (Å²) in [6, 6.07) is 6.28. The van der Waals surface area contributed by atoms with Crippen LogP contribution in [0.5, 0.6) is 0 Å². The fourth-order valence-corrected chi connectivity index (χ4v) is 3.02. The minimum atomic E-state index is -0.473. The summed E-state index contributed by atoms with van der Waals surface area (Å²) >= 11 is 5.84. The molecule has 1 aliphatic rings. The van der Waals surface area contributed by atoms with Crippen molar-refractivity contribution in [2.24, 2.45) is 10.1 Å². The van der Waals surface area contributed by atoms with Crippen molar-refractivity contribution < 1.29 is 9.60 Å². The number of pyridine rings is 1. The van der Waals surface area contributed by atoms with E-state index < -0.39 is 5.82 Å². The van der Waals surface area contributed by atoms with E-state index in [-0.39, 0.29) is 5.02 Å². The van der Waals surface area contributed by atoms with Crippen molar-refractivity contribution in [3.63, 3.8) is 0 Å². The molecule has 2 N–H and O–H groups in total. The van der Waals surface area contributed by atoms with E-state index in [2.05, 4.69) is 20.4 Å². The van der Waals surface area contributed by atoms with Crippen molar-refractivity contribution in [2.75, 3.05) is 13.1 Å². The van der Waals surface area contributed by atoms with Gasteiger partial charge in [-0.1, -0.05) is 29.7 Å². The first-order valence-corrected chi connectivity index (χ1v) is 8.40. The van der Waals surface area contributed by atoms with Gasteiger partial charge in [-0.05, 0) is 30.3 Å². The summed E-state index contributed by atoms with van der Waals surface area (Å²) in [6.45, 7) is 3.60. The molecule has 0 fully saturated rings. The van der Waals surface area contributed by atoms with Gasteiger partial charge in [0.1, 0.15) is 5.82 Å². The number of halogens is 2. The summed E-state index contributed by atoms with van der Waals surface area (Å²) in [5, 5.41) is 16.3. The Hall–Kier alpha value is -2.31. The normalized spacial score (nSPS) is 13.7. The van der Waals surface area contributed by atoms with Gasteiger partial charge in [0.2, 0.25) is 0 Å². The Morgan fingerprint density at radius 2 is 2.24 bits per heavy atom. The summed E-state index contributed by atoms with van der Waals surface area (Å²) in [7, 11) is 0. The van der Waals surface area contributed by atoms with E-state index in [9.17, 15) is 9.60 Å². The number of oxime groups is 1. The van der Waals surface area contributed by atoms with Crippen LogP contribution in [0.4, 0.5) is 10.2 Å². The van der Waals surface area contributed by atoms with Crippen molar-refractivity contribution in [1.82, 2.24) is 10.3 Å². The second-order valence-electron chi connectivity index (χ2n) is 5.77. The number of aliphatic imine (C=N–C) groups is 1. The Morgan fingerprint density at radius 3 is 2.96 bits per heavy atom. The number of aromatic nitrogens is 1. The molecule has 2 aromatic rings. The molecule has 0 radical (unpaired) electrons. The molecule has 0 amide bonds. The summed E-state index contributed by atoms with van der Waals surface area (Å²) in [5.41, 5.74) is 3.97. The van der Waals surface area contributed by atoms with Crippen LogP contribution in [0.25, 0.3) is 0 Å². The number of nitrogens with one attached hydrogen (secondary N) is 1. The Morgan fingerprint density at radius 1 is 1.40 bits per heavy atom. The van der Waals surface area contributed by atoms with Gasteiger partial charge in [0.15, 0.2) is 5.82 Å². The zero-order valence-corrected chi connectivity index (χ0v) is 14.5. The van der Waals surface area contributed by atoms with E-state index in [0.717, 1.165) is 28.9 Å². The molecule has 5 nitrogen and oxygen atoms in total. The van der Waals surface area contributed by atoms with Crippen LogP contribution in [0.3, 0.4) is 0 Å². The van der Waals surface area contributed by atoms with Crippen LogP contribution >= 0.6 is 11.6 Å². The molecule has 0 spiro atoms. The largest absolute Gasteiger partial charge is 0.411 e. The molecular formula is C18H18ClFN4O. The molecule has 0 saturated heterocycles. The van der Waals surface area contributed by atoms with Crippen LogP contribution in [0, 0.1) is 5.82 Å². The lowest BCUT2D eigenvalue weighted by Gasteiger charge is -2.10. The predicted molar refractivity (Wildman–Crippen MR) is 97.0 cm³/mol. The van der Waals surface area contributed by atoms with Crippen molar-refractivity contribution in [1.29, 1.82) is 0 Å². The fraction of sp³-hybridized carbons (Fsp3) is 0.278. The highest BCUT2D eigenvalue weighted by molar-refractivity contribution is 6.30. The molecule has 7 heteroatoms. The number of benzene rings is 1. The van der Waals surface area contributed by atoms with Crippen LogP contribution in [0.1, 0.15) is 23.6 Å². The summed E-state index contributed by atoms with van der Waals surface area (Å²) in [6.07, 6.45) is 2.64. The third kappa shape index (κ3) is 3.86. The van der Waals surface area contributed by atoms with E-state index in [1.807, 2.05) is 13.0 Å². The van der Waals surface area contributed by atoms with Gasteiger partial charge in [-0.3, -0.25) is 0 Å². The molecule has 1 aromatic carbocycles. The van der Waals surface area contributed by atoms with Gasteiger partial charge in [0.05, 0.1) is 10.7 Å². The van der Waals surface area contributed by atoms with Crippen LogP contribution in [0.15, 0.2) is 40.6 Å². The molecule has 1 aromatic heterocycles. The third-order valence-corrected chi connectivity index (χ3v) is 4.33. The molecule has 1 aliphatic heterocycles. The average molecular weight is 361 g/mol. The highest BCUT2D eigenvalue weighted by Crippen LogP contribution is 2.28. The highest BCUT2D eigenvalue weighted by atomic mass is 35.5. The van der Waals surface area contributed by atoms with Gasteiger partial charge < -0.3 is 10.5 Å². The van der Waals surface area contributed by atoms with E-state index in [4.69, 9.17) is 11.6 Å². The zero-order valence-electron chi connectivity index (χ0n) is 13.8. The summed E-state index contributed by atoms with van der Waals surface area (Å²) in [4.78, 5) is 8.84. The van der Waals surface area contributed by atoms with E-state index in [1.54, 1.807) is 12.3 Å². The van der Waals surface area contributed by atoms with Crippen LogP contribution in [-0.2, 0) is 12.8 Å². The number of nitrogens with zero attached hydrogens (tertiary/aromatic N) is 3. The lowest BCUT2D eigenvalue weighted by molar-refractivity contribution is 0.318. The van der Waals surface area contributed by atoms with Gasteiger partial charge in [-0.2, -0.15) is 0 Å². The smallest absolute Gasteiger partial charge is 0.156 e. The molecule has 0 aliphatic carbocycles. The number of rotatable bonds is 6. The maximum absolute atomic E-state index is 13.3. The van der Waals surface area contributed by atoms with Crippen LogP contribution in [-0.4, -0.2) is 34.7 Å². The van der Waals surface area contributed by atoms with Crippen molar-refractivity contribution >= 4 is 28.8 Å². The second-order valence-corrected chi connectivity index (χ2v) is 6.17. The van der Waals surface area contributed by atoms with Gasteiger partial charge in [0.25, 0.3) is 0 Å². The van der Waals surface area contributed by atoms with E-state index in [1.165, 1.54) is 12.1 Å². The molecule has 2 heterocycles. The lowest BCUT2D eigenvalue weighted by atomic mass is 9.97. The number of hydrogen-bond donors (Lipinski definition) is 2. The first-order valence-electron chi connectivity index (χ1n) is 8.02. The van der Waals surface area contributed by atoms with Gasteiger partial charge in [-0.25, -0.2) is 14.4 Å². The maximum atomic E-state index is 13.3. The molecule has 130 valence electrons. The van der Waals surface area contributed by atoms with Crippen molar-refractivity contribution in [3.8, 4) is 0 Å². The van der Waals surface area contributed by atoms with Crippen molar-refractivity contribution in [3.05, 3.63) is 58.0 Å². The van der Waals surface area contributed by atoms with E-state index >= 15 is 0 Å². The third-order valence-electron chi connectivity index (χ3n) is 4.04. The lowest BCUT2D eigenvalue weighted by Crippen LogP contribution is -2.22. The SMILES string of the molecule is CCNCC1=Nc2nccc(/C(Cc3ccc(F)c(Cl)c3)=N/O)c2C1. The molecule has 0 atom stereocenters. The van der Waals surface area contributed by atoms with Crippen LogP contribution in [0.2, 0.25) is 5.02 Å². The van der Waals surface area contributed by atoms with Gasteiger partial charge >= 0.3 is 0 Å². The monoisotopic (exact) mass is 360 g/mol. The minimum absolute atomic E-state index is 0.0472. The molecule has 0 saturated carbocycles. The second kappa shape index (κ2) is 7.72. The quantitative estimate of drug-likeness (QED) is 0.470. The van der Waals surface area contributed by atoms with Crippen LogP contribution < -0.4 is 5.32 Å². The topological polar surface area (TPSA) is 69.9 Å². The molecule has 0 bridgehead atoms. The maximum Gasteiger partial charge on any atom is 0.156 e. The molecule has 3 rings (SSSR count). The van der Waals surface area contributed by atoms with E-state index in [0.29, 0.717) is 30.9 Å². The van der Waals surface area contributed by atoms with Gasteiger partial charge in [0, 0.05) is 42.4 Å².